The summed E-state index contributed by atoms with van der Waals surface area (Å²) < 4.78 is 4.85. The van der Waals surface area contributed by atoms with Gasteiger partial charge in [-0.3, -0.25) is 0 Å². The van der Waals surface area contributed by atoms with Gasteiger partial charge in [0.05, 0.1) is 11.8 Å². The summed E-state index contributed by atoms with van der Waals surface area (Å²) in [6.07, 6.45) is 3.98. The zero-order chi connectivity index (χ0) is 10.4. The highest BCUT2D eigenvalue weighted by atomic mass is 16.5. The summed E-state index contributed by atoms with van der Waals surface area (Å²) in [6.45, 7) is 1.96. The molecule has 0 radical (unpaired) electrons. The Kier molecular flexibility index (Phi) is 3.73. The molecule has 0 bridgehead atoms. The van der Waals surface area contributed by atoms with Gasteiger partial charge in [-0.1, -0.05) is 19.1 Å². The number of hydrogen-bond donors (Lipinski definition) is 1. The minimum absolute atomic E-state index is 0.397. The van der Waals surface area contributed by atoms with E-state index >= 15 is 0 Å². The van der Waals surface area contributed by atoms with Gasteiger partial charge in [-0.05, 0) is 24.6 Å². The number of ether oxygens (including phenoxy) is 1. The summed E-state index contributed by atoms with van der Waals surface area (Å²) >= 11 is 0. The van der Waals surface area contributed by atoms with E-state index in [9.17, 15) is 4.79 Å². The number of anilines is 1. The first-order chi connectivity index (χ1) is 6.75. The molecule has 0 spiro atoms. The minimum atomic E-state index is -0.423. The molecule has 0 saturated heterocycles. The lowest BCUT2D eigenvalue weighted by atomic mass is 10.2. The number of nitrogen functional groups attached to an aromatic ring is 1. The second kappa shape index (κ2) is 5.07. The average molecular weight is 191 g/mol. The van der Waals surface area contributed by atoms with Crippen LogP contribution in [0.5, 0.6) is 0 Å². The zero-order valence-corrected chi connectivity index (χ0v) is 8.07. The van der Waals surface area contributed by atoms with E-state index in [0.29, 0.717) is 11.3 Å². The number of esters is 1. The maximum absolute atomic E-state index is 11.4. The Morgan fingerprint density at radius 3 is 2.86 bits per heavy atom. The predicted molar refractivity (Wildman–Crippen MR) is 55.7 cm³/mol. The molecular weight excluding hydrogens is 178 g/mol. The number of allylic oxidation sites excluding steroid dienone is 1. The van der Waals surface area contributed by atoms with Crippen molar-refractivity contribution in [1.82, 2.24) is 0 Å². The van der Waals surface area contributed by atoms with Crippen molar-refractivity contribution in [2.24, 2.45) is 0 Å². The van der Waals surface area contributed by atoms with Crippen molar-refractivity contribution in [3.8, 4) is 0 Å². The van der Waals surface area contributed by atoms with Crippen molar-refractivity contribution in [1.29, 1.82) is 0 Å². The Hall–Kier alpha value is -1.77. The number of benzene rings is 1. The molecule has 0 unspecified atom stereocenters. The Morgan fingerprint density at radius 2 is 2.21 bits per heavy atom. The van der Waals surface area contributed by atoms with E-state index in [1.807, 2.05) is 6.92 Å². The van der Waals surface area contributed by atoms with Crippen LogP contribution in [0.2, 0.25) is 0 Å². The molecule has 0 aliphatic carbocycles. The number of carbonyl (C=O) groups excluding carboxylic acids is 1. The van der Waals surface area contributed by atoms with Gasteiger partial charge in [-0.2, -0.15) is 0 Å². The van der Waals surface area contributed by atoms with E-state index in [-0.39, 0.29) is 0 Å². The molecule has 0 aliphatic heterocycles. The van der Waals surface area contributed by atoms with Crippen LogP contribution in [0.25, 0.3) is 0 Å². The molecule has 14 heavy (non-hydrogen) atoms. The molecule has 1 rings (SSSR count). The summed E-state index contributed by atoms with van der Waals surface area (Å²) in [7, 11) is 0. The van der Waals surface area contributed by atoms with Gasteiger partial charge >= 0.3 is 5.97 Å². The van der Waals surface area contributed by atoms with Crippen LogP contribution < -0.4 is 5.73 Å². The highest BCUT2D eigenvalue weighted by molar-refractivity contribution is 5.95. The lowest BCUT2D eigenvalue weighted by Gasteiger charge is -2.01. The molecule has 0 heterocycles. The van der Waals surface area contributed by atoms with E-state index in [2.05, 4.69) is 0 Å². The van der Waals surface area contributed by atoms with E-state index in [1.165, 1.54) is 6.26 Å². The molecule has 3 heteroatoms. The summed E-state index contributed by atoms with van der Waals surface area (Å²) in [4.78, 5) is 11.4. The van der Waals surface area contributed by atoms with Crippen LogP contribution in [-0.4, -0.2) is 5.97 Å². The fraction of sp³-hybridized carbons (Fsp3) is 0.182. The summed E-state index contributed by atoms with van der Waals surface area (Å²) in [5.41, 5.74) is 6.43. The second-order valence-electron chi connectivity index (χ2n) is 2.77. The molecule has 0 saturated carbocycles. The third kappa shape index (κ3) is 2.62. The van der Waals surface area contributed by atoms with Crippen LogP contribution in [0.1, 0.15) is 23.7 Å². The monoisotopic (exact) mass is 191 g/mol. The number of para-hydroxylation sites is 1. The maximum atomic E-state index is 11.4. The fourth-order valence-corrected chi connectivity index (χ4v) is 0.953. The van der Waals surface area contributed by atoms with Gasteiger partial charge in [0.1, 0.15) is 0 Å². The van der Waals surface area contributed by atoms with Crippen LogP contribution >= 0.6 is 0 Å². The van der Waals surface area contributed by atoms with Gasteiger partial charge in [0.15, 0.2) is 0 Å². The van der Waals surface area contributed by atoms with Crippen molar-refractivity contribution in [3.63, 3.8) is 0 Å². The molecule has 2 N–H and O–H groups in total. The van der Waals surface area contributed by atoms with Gasteiger partial charge in [0, 0.05) is 5.69 Å². The first-order valence-electron chi connectivity index (χ1n) is 4.46. The highest BCUT2D eigenvalue weighted by Gasteiger charge is 2.08. The standard InChI is InChI=1S/C11H13NO2/c1-2-3-8-14-11(13)9-6-4-5-7-10(9)12/h3-8H,2,12H2,1H3/b8-3+. The first-order valence-corrected chi connectivity index (χ1v) is 4.46. The third-order valence-corrected chi connectivity index (χ3v) is 1.69. The molecule has 0 amide bonds. The Labute approximate surface area is 83.2 Å². The lowest BCUT2D eigenvalue weighted by molar-refractivity contribution is 0.0663. The smallest absolute Gasteiger partial charge is 0.345 e. The van der Waals surface area contributed by atoms with Crippen LogP contribution in [-0.2, 0) is 4.74 Å². The Bertz CT molecular complexity index is 345. The number of carbonyl (C=O) groups is 1. The molecule has 0 aliphatic rings. The normalized spacial score (nSPS) is 10.4. The maximum Gasteiger partial charge on any atom is 0.345 e. The zero-order valence-electron chi connectivity index (χ0n) is 8.07. The SMILES string of the molecule is CC/C=C/OC(=O)c1ccccc1N. The minimum Gasteiger partial charge on any atom is -0.431 e. The van der Waals surface area contributed by atoms with Gasteiger partial charge in [-0.25, -0.2) is 4.79 Å². The number of rotatable bonds is 3. The largest absolute Gasteiger partial charge is 0.431 e. The van der Waals surface area contributed by atoms with Crippen LogP contribution in [0, 0.1) is 0 Å². The van der Waals surface area contributed by atoms with E-state index in [4.69, 9.17) is 10.5 Å². The van der Waals surface area contributed by atoms with Gasteiger partial charge in [-0.15, -0.1) is 0 Å². The Balaban J connectivity index is 2.70. The molecule has 0 atom stereocenters. The summed E-state index contributed by atoms with van der Waals surface area (Å²) in [6, 6.07) is 6.82. The molecule has 1 aromatic rings. The van der Waals surface area contributed by atoms with Crippen molar-refractivity contribution in [2.75, 3.05) is 5.73 Å². The van der Waals surface area contributed by atoms with E-state index in [1.54, 1.807) is 30.3 Å². The van der Waals surface area contributed by atoms with Crippen LogP contribution in [0.3, 0.4) is 0 Å². The van der Waals surface area contributed by atoms with Crippen molar-refractivity contribution < 1.29 is 9.53 Å². The quantitative estimate of drug-likeness (QED) is 0.453. The fourth-order valence-electron chi connectivity index (χ4n) is 0.953. The summed E-state index contributed by atoms with van der Waals surface area (Å²) in [5.74, 6) is -0.423. The number of hydrogen-bond acceptors (Lipinski definition) is 3. The number of nitrogens with two attached hydrogens (primary N) is 1. The average Bonchev–Trinajstić information content (AvgIpc) is 2.18. The predicted octanol–water partition coefficient (Wildman–Crippen LogP) is 2.35. The third-order valence-electron chi connectivity index (χ3n) is 1.69. The molecule has 0 aromatic heterocycles. The molecule has 0 fully saturated rings. The van der Waals surface area contributed by atoms with Gasteiger partial charge in [0.2, 0.25) is 0 Å². The molecular formula is C11H13NO2. The van der Waals surface area contributed by atoms with Crippen molar-refractivity contribution in [3.05, 3.63) is 42.2 Å². The Morgan fingerprint density at radius 1 is 1.50 bits per heavy atom. The molecule has 1 aromatic carbocycles. The topological polar surface area (TPSA) is 52.3 Å². The highest BCUT2D eigenvalue weighted by Crippen LogP contribution is 2.11. The van der Waals surface area contributed by atoms with E-state index in [0.717, 1.165) is 6.42 Å². The molecule has 3 nitrogen and oxygen atoms in total. The van der Waals surface area contributed by atoms with Crippen LogP contribution in [0.4, 0.5) is 5.69 Å². The van der Waals surface area contributed by atoms with Gasteiger partial charge in [0.25, 0.3) is 0 Å². The van der Waals surface area contributed by atoms with Crippen molar-refractivity contribution >= 4 is 11.7 Å². The van der Waals surface area contributed by atoms with Crippen LogP contribution in [0.15, 0.2) is 36.6 Å². The van der Waals surface area contributed by atoms with E-state index < -0.39 is 5.97 Å². The molecule has 74 valence electrons. The lowest BCUT2D eigenvalue weighted by Crippen LogP contribution is -2.04. The first kappa shape index (κ1) is 10.3. The van der Waals surface area contributed by atoms with Gasteiger partial charge < -0.3 is 10.5 Å². The van der Waals surface area contributed by atoms with Crippen molar-refractivity contribution in [2.45, 2.75) is 13.3 Å². The summed E-state index contributed by atoms with van der Waals surface area (Å²) in [5, 5.41) is 0. The second-order valence-corrected chi connectivity index (χ2v) is 2.77.